The van der Waals surface area contributed by atoms with Crippen LogP contribution in [0.25, 0.3) is 10.9 Å². The number of hydrogen-bond donors (Lipinski definition) is 1. The minimum Gasteiger partial charge on any atom is -0.612 e. The minimum atomic E-state index is -4.90. The SMILES string of the molecule is COc1cc(/N=C(/C(=O)c2c[nH]c3ccc(OC(F)(F)F)cc23)c2ccc(Cl)cc2OC)cc([S+](C)[O-])c1. The van der Waals surface area contributed by atoms with Crippen LogP contribution in [-0.4, -0.2) is 47.9 Å². The number of rotatable bonds is 8. The topological polar surface area (TPSA) is 96.0 Å². The van der Waals surface area contributed by atoms with Crippen molar-refractivity contribution >= 4 is 50.9 Å². The van der Waals surface area contributed by atoms with Gasteiger partial charge in [0.25, 0.3) is 0 Å². The Balaban J connectivity index is 1.92. The van der Waals surface area contributed by atoms with Crippen LogP contribution in [0.15, 0.2) is 70.7 Å². The maximum atomic E-state index is 14.0. The van der Waals surface area contributed by atoms with Gasteiger partial charge in [-0.15, -0.1) is 13.2 Å². The lowest BCUT2D eigenvalue weighted by molar-refractivity contribution is -0.274. The molecule has 0 amide bonds. The van der Waals surface area contributed by atoms with Gasteiger partial charge in [0, 0.05) is 51.4 Å². The number of ether oxygens (including phenoxy) is 3. The van der Waals surface area contributed by atoms with E-state index in [0.717, 1.165) is 12.1 Å². The van der Waals surface area contributed by atoms with Crippen LogP contribution in [0.1, 0.15) is 15.9 Å². The molecule has 0 saturated carbocycles. The largest absolute Gasteiger partial charge is 0.612 e. The first-order valence-electron chi connectivity index (χ1n) is 10.9. The van der Waals surface area contributed by atoms with Crippen LogP contribution in [-0.2, 0) is 11.2 Å². The summed E-state index contributed by atoms with van der Waals surface area (Å²) in [5.74, 6) is -0.493. The number of aromatic nitrogens is 1. The van der Waals surface area contributed by atoms with E-state index in [1.54, 1.807) is 30.3 Å². The molecular weight excluding hydrogens is 545 g/mol. The van der Waals surface area contributed by atoms with Crippen molar-refractivity contribution in [2.24, 2.45) is 4.99 Å². The number of ketones is 1. The summed E-state index contributed by atoms with van der Waals surface area (Å²) in [6.45, 7) is 0. The van der Waals surface area contributed by atoms with Crippen LogP contribution in [0.5, 0.6) is 17.2 Å². The first kappa shape index (κ1) is 27.4. The molecule has 4 rings (SSSR count). The van der Waals surface area contributed by atoms with Gasteiger partial charge in [0.1, 0.15) is 29.2 Å². The fourth-order valence-corrected chi connectivity index (χ4v) is 4.47. The quantitative estimate of drug-likeness (QED) is 0.150. The lowest BCUT2D eigenvalue weighted by Crippen LogP contribution is -2.17. The molecule has 0 aliphatic carbocycles. The number of methoxy groups -OCH3 is 2. The Morgan fingerprint density at radius 2 is 1.76 bits per heavy atom. The number of nitrogens with zero attached hydrogens (tertiary/aromatic N) is 1. The van der Waals surface area contributed by atoms with Crippen molar-refractivity contribution in [2.45, 2.75) is 11.3 Å². The molecule has 4 aromatic rings. The standard InChI is InChI=1S/C26H20ClF3N2O5S/c1-35-17-9-15(10-18(11-17)38(3)34)32-24(19-6-4-14(27)8-23(19)36-2)25(33)21-13-31-22-7-5-16(12-20(21)22)37-26(28,29)30/h4-13,31H,1-3H3/b32-24+. The molecule has 0 aliphatic heterocycles. The molecule has 198 valence electrons. The highest BCUT2D eigenvalue weighted by atomic mass is 35.5. The molecule has 3 aromatic carbocycles. The highest BCUT2D eigenvalue weighted by Crippen LogP contribution is 2.33. The highest BCUT2D eigenvalue weighted by Gasteiger charge is 2.31. The molecule has 7 nitrogen and oxygen atoms in total. The third-order valence-corrected chi connectivity index (χ3v) is 6.57. The van der Waals surface area contributed by atoms with Crippen molar-refractivity contribution in [2.75, 3.05) is 20.5 Å². The molecule has 0 aliphatic rings. The van der Waals surface area contributed by atoms with Crippen LogP contribution in [0.3, 0.4) is 0 Å². The van der Waals surface area contributed by atoms with E-state index in [2.05, 4.69) is 14.7 Å². The van der Waals surface area contributed by atoms with E-state index in [1.807, 2.05) is 0 Å². The fraction of sp³-hybridized carbons (Fsp3) is 0.154. The number of Topliss-reactive ketones (excluding diaryl/α,β-unsaturated/α-hetero) is 1. The Labute approximate surface area is 223 Å². The van der Waals surface area contributed by atoms with Gasteiger partial charge in [-0.25, -0.2) is 4.99 Å². The smallest absolute Gasteiger partial charge is 0.573 e. The second-order valence-electron chi connectivity index (χ2n) is 7.91. The van der Waals surface area contributed by atoms with Crippen molar-refractivity contribution < 1.29 is 36.7 Å². The molecular formula is C26H20ClF3N2O5S. The summed E-state index contributed by atoms with van der Waals surface area (Å²) >= 11 is 4.74. The minimum absolute atomic E-state index is 0.0468. The Hall–Kier alpha value is -3.67. The van der Waals surface area contributed by atoms with Gasteiger partial charge in [0.2, 0.25) is 5.78 Å². The molecule has 0 bridgehead atoms. The van der Waals surface area contributed by atoms with Crippen LogP contribution in [0, 0.1) is 0 Å². The van der Waals surface area contributed by atoms with Crippen molar-refractivity contribution in [3.8, 4) is 17.2 Å². The summed E-state index contributed by atoms with van der Waals surface area (Å²) in [6, 6.07) is 12.9. The van der Waals surface area contributed by atoms with E-state index >= 15 is 0 Å². The number of aromatic amines is 1. The molecule has 1 N–H and O–H groups in total. The average molecular weight is 565 g/mol. The Morgan fingerprint density at radius 1 is 1.00 bits per heavy atom. The van der Waals surface area contributed by atoms with E-state index < -0.39 is 29.1 Å². The Bertz CT molecular complexity index is 1540. The fourth-order valence-electron chi connectivity index (χ4n) is 3.74. The highest BCUT2D eigenvalue weighted by molar-refractivity contribution is 7.90. The van der Waals surface area contributed by atoms with Gasteiger partial charge >= 0.3 is 6.36 Å². The van der Waals surface area contributed by atoms with Crippen LogP contribution in [0.4, 0.5) is 18.9 Å². The Morgan fingerprint density at radius 3 is 2.42 bits per heavy atom. The number of halogens is 4. The Kier molecular flexibility index (Phi) is 7.91. The molecule has 12 heteroatoms. The number of H-pyrrole nitrogens is 1. The number of carbonyl (C=O) groups excluding carboxylic acids is 1. The van der Waals surface area contributed by atoms with Crippen LogP contribution < -0.4 is 14.2 Å². The summed E-state index contributed by atoms with van der Waals surface area (Å²) in [7, 11) is 2.83. The molecule has 38 heavy (non-hydrogen) atoms. The van der Waals surface area contributed by atoms with Crippen LogP contribution >= 0.6 is 11.6 Å². The third-order valence-electron chi connectivity index (χ3n) is 5.44. The number of aliphatic imine (C=N–C) groups is 1. The first-order valence-corrected chi connectivity index (χ1v) is 12.8. The number of benzene rings is 3. The zero-order valence-corrected chi connectivity index (χ0v) is 21.8. The van der Waals surface area contributed by atoms with Crippen molar-refractivity contribution in [3.05, 3.63) is 76.9 Å². The van der Waals surface area contributed by atoms with E-state index in [-0.39, 0.29) is 33.7 Å². The zero-order valence-electron chi connectivity index (χ0n) is 20.2. The lowest BCUT2D eigenvalue weighted by atomic mass is 9.99. The second kappa shape index (κ2) is 11.0. The summed E-state index contributed by atoms with van der Waals surface area (Å²) in [5.41, 5.74) is 0.903. The van der Waals surface area contributed by atoms with Crippen molar-refractivity contribution in [1.82, 2.24) is 4.98 Å². The van der Waals surface area contributed by atoms with Gasteiger partial charge in [0.15, 0.2) is 4.90 Å². The lowest BCUT2D eigenvalue weighted by Gasteiger charge is -2.13. The van der Waals surface area contributed by atoms with E-state index in [1.165, 1.54) is 38.8 Å². The number of carbonyl (C=O) groups is 1. The summed E-state index contributed by atoms with van der Waals surface area (Å²) in [4.78, 5) is 21.8. The third kappa shape index (κ3) is 6.07. The van der Waals surface area contributed by atoms with E-state index in [9.17, 15) is 22.5 Å². The van der Waals surface area contributed by atoms with Gasteiger partial charge in [-0.3, -0.25) is 4.79 Å². The summed E-state index contributed by atoms with van der Waals surface area (Å²) in [6.07, 6.45) is -2.04. The molecule has 1 atom stereocenters. The zero-order chi connectivity index (χ0) is 27.6. The van der Waals surface area contributed by atoms with Gasteiger partial charge in [-0.1, -0.05) is 11.6 Å². The van der Waals surface area contributed by atoms with Crippen LogP contribution in [0.2, 0.25) is 5.02 Å². The molecule has 1 heterocycles. The monoisotopic (exact) mass is 564 g/mol. The number of fused-ring (bicyclic) bond motifs is 1. The number of hydrogen-bond acceptors (Lipinski definition) is 6. The van der Waals surface area contributed by atoms with Gasteiger partial charge in [-0.2, -0.15) is 0 Å². The molecule has 0 fully saturated rings. The summed E-state index contributed by atoms with van der Waals surface area (Å²) < 4.78 is 65.4. The molecule has 0 spiro atoms. The van der Waals surface area contributed by atoms with Gasteiger partial charge in [0.05, 0.1) is 19.9 Å². The molecule has 1 unspecified atom stereocenters. The maximum Gasteiger partial charge on any atom is 0.573 e. The molecule has 0 radical (unpaired) electrons. The normalized spacial score (nSPS) is 12.9. The van der Waals surface area contributed by atoms with Gasteiger partial charge < -0.3 is 23.7 Å². The number of nitrogens with one attached hydrogen (secondary N) is 1. The predicted molar refractivity (Wildman–Crippen MR) is 139 cm³/mol. The predicted octanol–water partition coefficient (Wildman–Crippen LogP) is 6.48. The molecule has 1 aromatic heterocycles. The average Bonchev–Trinajstić information content (AvgIpc) is 3.29. The molecule has 0 saturated heterocycles. The first-order chi connectivity index (χ1) is 18.0. The number of alkyl halides is 3. The van der Waals surface area contributed by atoms with Gasteiger partial charge in [-0.05, 0) is 47.6 Å². The van der Waals surface area contributed by atoms with Crippen molar-refractivity contribution in [1.29, 1.82) is 0 Å². The van der Waals surface area contributed by atoms with E-state index in [4.69, 9.17) is 21.1 Å². The second-order valence-corrected chi connectivity index (χ2v) is 9.73. The maximum absolute atomic E-state index is 14.0. The van der Waals surface area contributed by atoms with Crippen molar-refractivity contribution in [3.63, 3.8) is 0 Å². The summed E-state index contributed by atoms with van der Waals surface area (Å²) in [5, 5.41) is 0.543. The van der Waals surface area contributed by atoms with E-state index in [0.29, 0.717) is 21.2 Å².